The second kappa shape index (κ2) is 7.99. The molecule has 1 saturated heterocycles. The number of aromatic nitrogens is 1. The summed E-state index contributed by atoms with van der Waals surface area (Å²) in [4.78, 5) is 29.0. The smallest absolute Gasteiger partial charge is 0.354 e. The van der Waals surface area contributed by atoms with Crippen LogP contribution in [0.3, 0.4) is 0 Å². The molecule has 1 aliphatic heterocycles. The van der Waals surface area contributed by atoms with Crippen LogP contribution in [0, 0.1) is 5.92 Å². The first-order chi connectivity index (χ1) is 12.6. The third-order valence-corrected chi connectivity index (χ3v) is 4.81. The monoisotopic (exact) mass is 354 g/mol. The van der Waals surface area contributed by atoms with Gasteiger partial charge in [-0.15, -0.1) is 0 Å². The lowest BCUT2D eigenvalue weighted by molar-refractivity contribution is 0.0675. The van der Waals surface area contributed by atoms with Gasteiger partial charge in [0.2, 0.25) is 0 Å². The average molecular weight is 354 g/mol. The minimum absolute atomic E-state index is 0.0558. The second-order valence-corrected chi connectivity index (χ2v) is 6.53. The lowest BCUT2D eigenvalue weighted by Crippen LogP contribution is -2.39. The second-order valence-electron chi connectivity index (χ2n) is 6.53. The summed E-state index contributed by atoms with van der Waals surface area (Å²) in [5.74, 6) is 0.234. The fourth-order valence-corrected chi connectivity index (χ4v) is 3.26. The van der Waals surface area contributed by atoms with Gasteiger partial charge in [-0.25, -0.2) is 9.78 Å². The predicted octanol–water partition coefficient (Wildman–Crippen LogP) is 2.88. The van der Waals surface area contributed by atoms with E-state index in [1.165, 1.54) is 23.9 Å². The fraction of sp³-hybridized carbons (Fsp3) is 0.350. The predicted molar refractivity (Wildman–Crippen MR) is 96.5 cm³/mol. The average Bonchev–Trinajstić information content (AvgIpc) is 2.69. The lowest BCUT2D eigenvalue weighted by atomic mass is 9.90. The van der Waals surface area contributed by atoms with E-state index in [4.69, 9.17) is 9.84 Å². The summed E-state index contributed by atoms with van der Waals surface area (Å²) in [7, 11) is 1.66. The first-order valence-electron chi connectivity index (χ1n) is 8.68. The van der Waals surface area contributed by atoms with Gasteiger partial charge in [0.1, 0.15) is 11.4 Å². The number of carboxylic acid groups (broad SMARTS) is 1. The van der Waals surface area contributed by atoms with Crippen LogP contribution in [0.15, 0.2) is 42.6 Å². The van der Waals surface area contributed by atoms with Crippen LogP contribution in [0.25, 0.3) is 0 Å². The van der Waals surface area contributed by atoms with Crippen LogP contribution in [0.4, 0.5) is 0 Å². The third-order valence-electron chi connectivity index (χ3n) is 4.81. The Morgan fingerprint density at radius 1 is 1.15 bits per heavy atom. The van der Waals surface area contributed by atoms with Gasteiger partial charge in [-0.2, -0.15) is 0 Å². The molecule has 1 aromatic heterocycles. The first kappa shape index (κ1) is 17.9. The molecule has 0 atom stereocenters. The number of hydrogen-bond acceptors (Lipinski definition) is 4. The fourth-order valence-electron chi connectivity index (χ4n) is 3.26. The Morgan fingerprint density at radius 2 is 1.85 bits per heavy atom. The number of carbonyl (C=O) groups is 2. The molecule has 136 valence electrons. The van der Waals surface area contributed by atoms with E-state index in [2.05, 4.69) is 17.1 Å². The van der Waals surface area contributed by atoms with Crippen LogP contribution in [0.5, 0.6) is 5.75 Å². The molecule has 0 saturated carbocycles. The highest BCUT2D eigenvalue weighted by molar-refractivity contribution is 5.95. The van der Waals surface area contributed by atoms with Crippen LogP contribution in [-0.2, 0) is 6.42 Å². The molecule has 0 aliphatic carbocycles. The molecule has 3 rings (SSSR count). The van der Waals surface area contributed by atoms with Gasteiger partial charge < -0.3 is 14.7 Å². The number of likely N-dealkylation sites (tertiary alicyclic amines) is 1. The molecule has 0 bridgehead atoms. The van der Waals surface area contributed by atoms with E-state index in [0.717, 1.165) is 25.0 Å². The third kappa shape index (κ3) is 4.20. The van der Waals surface area contributed by atoms with Crippen LogP contribution in [-0.4, -0.2) is 47.1 Å². The standard InChI is InChI=1S/C20H22N2O4/c1-26-17-5-2-14(3-6-17)12-15-8-10-22(11-9-15)19(23)16-4-7-18(20(24)25)21-13-16/h2-7,13,15H,8-12H2,1H3,(H,24,25). The minimum atomic E-state index is -1.09. The van der Waals surface area contributed by atoms with Crippen LogP contribution in [0.2, 0.25) is 0 Å². The van der Waals surface area contributed by atoms with E-state index >= 15 is 0 Å². The number of ether oxygens (including phenoxy) is 1. The Morgan fingerprint density at radius 3 is 2.38 bits per heavy atom. The molecular weight excluding hydrogens is 332 g/mol. The van der Waals surface area contributed by atoms with Gasteiger partial charge in [-0.1, -0.05) is 12.1 Å². The number of methoxy groups -OCH3 is 1. The molecule has 2 heterocycles. The number of carbonyl (C=O) groups excluding carboxylic acids is 1. The highest BCUT2D eigenvalue weighted by Gasteiger charge is 2.24. The molecule has 26 heavy (non-hydrogen) atoms. The Balaban J connectivity index is 1.53. The Kier molecular flexibility index (Phi) is 5.51. The Labute approximate surface area is 152 Å². The van der Waals surface area contributed by atoms with Crippen molar-refractivity contribution >= 4 is 11.9 Å². The summed E-state index contributed by atoms with van der Waals surface area (Å²) in [6.07, 6.45) is 4.26. The van der Waals surface area contributed by atoms with Crippen LogP contribution in [0.1, 0.15) is 39.3 Å². The summed E-state index contributed by atoms with van der Waals surface area (Å²) in [5.41, 5.74) is 1.66. The zero-order valence-corrected chi connectivity index (χ0v) is 14.7. The molecule has 1 aromatic carbocycles. The summed E-state index contributed by atoms with van der Waals surface area (Å²) in [6, 6.07) is 11.0. The number of piperidine rings is 1. The van der Waals surface area contributed by atoms with Crippen molar-refractivity contribution in [3.8, 4) is 5.75 Å². The number of nitrogens with zero attached hydrogens (tertiary/aromatic N) is 2. The molecule has 1 amide bonds. The van der Waals surface area contributed by atoms with E-state index in [-0.39, 0.29) is 11.6 Å². The molecule has 1 aliphatic rings. The van der Waals surface area contributed by atoms with Gasteiger partial charge in [-0.05, 0) is 55.0 Å². The van der Waals surface area contributed by atoms with Crippen LogP contribution < -0.4 is 4.74 Å². The van der Waals surface area contributed by atoms with Gasteiger partial charge in [-0.3, -0.25) is 4.79 Å². The molecular formula is C20H22N2O4. The molecule has 0 spiro atoms. The van der Waals surface area contributed by atoms with E-state index in [1.54, 1.807) is 7.11 Å². The number of benzene rings is 1. The Hall–Kier alpha value is -2.89. The van der Waals surface area contributed by atoms with Crippen LogP contribution >= 0.6 is 0 Å². The summed E-state index contributed by atoms with van der Waals surface area (Å²) in [5, 5.41) is 8.88. The quantitative estimate of drug-likeness (QED) is 0.893. The zero-order chi connectivity index (χ0) is 18.5. The number of amides is 1. The van der Waals surface area contributed by atoms with Crippen molar-refractivity contribution in [1.29, 1.82) is 0 Å². The van der Waals surface area contributed by atoms with Gasteiger partial charge in [0, 0.05) is 19.3 Å². The number of hydrogen-bond donors (Lipinski definition) is 1. The van der Waals surface area contributed by atoms with E-state index in [0.29, 0.717) is 24.6 Å². The van der Waals surface area contributed by atoms with E-state index in [9.17, 15) is 9.59 Å². The summed E-state index contributed by atoms with van der Waals surface area (Å²) < 4.78 is 5.18. The normalized spacial score (nSPS) is 14.9. The number of pyridine rings is 1. The largest absolute Gasteiger partial charge is 0.497 e. The molecule has 0 unspecified atom stereocenters. The van der Waals surface area contributed by atoms with E-state index in [1.807, 2.05) is 17.0 Å². The molecule has 1 fully saturated rings. The van der Waals surface area contributed by atoms with Gasteiger partial charge >= 0.3 is 5.97 Å². The van der Waals surface area contributed by atoms with Crippen molar-refractivity contribution in [3.05, 3.63) is 59.4 Å². The van der Waals surface area contributed by atoms with Crippen molar-refractivity contribution in [2.24, 2.45) is 5.92 Å². The molecule has 2 aromatic rings. The summed E-state index contributed by atoms with van der Waals surface area (Å²) >= 11 is 0. The maximum atomic E-state index is 12.5. The maximum absolute atomic E-state index is 12.5. The lowest BCUT2D eigenvalue weighted by Gasteiger charge is -2.32. The van der Waals surface area contributed by atoms with Crippen molar-refractivity contribution in [3.63, 3.8) is 0 Å². The maximum Gasteiger partial charge on any atom is 0.354 e. The number of carboxylic acids is 1. The van der Waals surface area contributed by atoms with Crippen molar-refractivity contribution < 1.29 is 19.4 Å². The molecule has 6 nitrogen and oxygen atoms in total. The highest BCUT2D eigenvalue weighted by Crippen LogP contribution is 2.24. The molecule has 1 N–H and O–H groups in total. The summed E-state index contributed by atoms with van der Waals surface area (Å²) in [6.45, 7) is 1.42. The van der Waals surface area contributed by atoms with E-state index < -0.39 is 5.97 Å². The van der Waals surface area contributed by atoms with Gasteiger partial charge in [0.15, 0.2) is 0 Å². The SMILES string of the molecule is COc1ccc(CC2CCN(C(=O)c3ccc(C(=O)O)nc3)CC2)cc1. The zero-order valence-electron chi connectivity index (χ0n) is 14.7. The van der Waals surface area contributed by atoms with Crippen molar-refractivity contribution in [1.82, 2.24) is 9.88 Å². The topological polar surface area (TPSA) is 79.7 Å². The van der Waals surface area contributed by atoms with Crippen molar-refractivity contribution in [2.45, 2.75) is 19.3 Å². The number of aromatic carboxylic acids is 1. The number of rotatable bonds is 5. The molecule has 6 heteroatoms. The van der Waals surface area contributed by atoms with Gasteiger partial charge in [0.25, 0.3) is 5.91 Å². The van der Waals surface area contributed by atoms with Crippen molar-refractivity contribution in [2.75, 3.05) is 20.2 Å². The Bertz CT molecular complexity index is 763. The molecule has 0 radical (unpaired) electrons. The first-order valence-corrected chi connectivity index (χ1v) is 8.68. The minimum Gasteiger partial charge on any atom is -0.497 e. The van der Waals surface area contributed by atoms with Gasteiger partial charge in [0.05, 0.1) is 12.7 Å². The highest BCUT2D eigenvalue weighted by atomic mass is 16.5.